The van der Waals surface area contributed by atoms with Gasteiger partial charge in [-0.05, 0) is 30.7 Å². The number of halogens is 3. The maximum Gasteiger partial charge on any atom is 0.397 e. The summed E-state index contributed by atoms with van der Waals surface area (Å²) in [5.41, 5.74) is 0.887. The lowest BCUT2D eigenvalue weighted by Gasteiger charge is -2.34. The summed E-state index contributed by atoms with van der Waals surface area (Å²) < 4.78 is 39.0. The SMILES string of the molecule is O=C(Nc1ccc2c(c1)NCC2C(F)(F)F)C1=CNC2CNCCC2C1=O. The van der Waals surface area contributed by atoms with E-state index in [4.69, 9.17) is 0 Å². The molecule has 4 N–H and O–H groups in total. The van der Waals surface area contributed by atoms with Gasteiger partial charge in [0.2, 0.25) is 0 Å². The van der Waals surface area contributed by atoms with Crippen molar-refractivity contribution >= 4 is 23.1 Å². The highest BCUT2D eigenvalue weighted by Gasteiger charge is 2.44. The molecule has 6 nitrogen and oxygen atoms in total. The summed E-state index contributed by atoms with van der Waals surface area (Å²) in [5.74, 6) is -2.56. The number of carbonyl (C=O) groups excluding carboxylic acids is 2. The third-order valence-corrected chi connectivity index (χ3v) is 5.35. The van der Waals surface area contributed by atoms with Gasteiger partial charge in [0.1, 0.15) is 0 Å². The van der Waals surface area contributed by atoms with Crippen LogP contribution in [0.3, 0.4) is 0 Å². The fraction of sp³-hybridized carbons (Fsp3) is 0.444. The molecule has 3 atom stereocenters. The van der Waals surface area contributed by atoms with Crippen LogP contribution in [0.15, 0.2) is 30.0 Å². The molecule has 0 bridgehead atoms. The number of hydrogen-bond acceptors (Lipinski definition) is 5. The Hall–Kier alpha value is -2.55. The normalized spacial score (nSPS) is 27.0. The molecule has 3 aliphatic rings. The summed E-state index contributed by atoms with van der Waals surface area (Å²) in [6.07, 6.45) is -2.24. The minimum absolute atomic E-state index is 0.0219. The molecule has 1 amide bonds. The second-order valence-corrected chi connectivity index (χ2v) is 7.03. The number of amides is 1. The maximum absolute atomic E-state index is 13.0. The molecule has 1 fully saturated rings. The second-order valence-electron chi connectivity index (χ2n) is 7.03. The smallest absolute Gasteiger partial charge is 0.385 e. The molecule has 0 saturated carbocycles. The molecule has 0 spiro atoms. The molecule has 1 saturated heterocycles. The van der Waals surface area contributed by atoms with Crippen LogP contribution in [0.1, 0.15) is 17.9 Å². The molecule has 1 aromatic carbocycles. The Morgan fingerprint density at radius 2 is 2.04 bits per heavy atom. The minimum atomic E-state index is -4.32. The van der Waals surface area contributed by atoms with E-state index in [1.807, 2.05) is 0 Å². The summed E-state index contributed by atoms with van der Waals surface area (Å²) in [6, 6.07) is 4.23. The van der Waals surface area contributed by atoms with Crippen LogP contribution in [-0.4, -0.2) is 43.5 Å². The van der Waals surface area contributed by atoms with Gasteiger partial charge in [-0.1, -0.05) is 6.07 Å². The largest absolute Gasteiger partial charge is 0.397 e. The fourth-order valence-electron chi connectivity index (χ4n) is 3.89. The van der Waals surface area contributed by atoms with Crippen molar-refractivity contribution in [1.29, 1.82) is 0 Å². The molecule has 3 heterocycles. The predicted octanol–water partition coefficient (Wildman–Crippen LogP) is 1.73. The number of benzene rings is 1. The van der Waals surface area contributed by atoms with Crippen LogP contribution >= 0.6 is 0 Å². The summed E-state index contributed by atoms with van der Waals surface area (Å²) in [5, 5.41) is 11.6. The molecule has 9 heteroatoms. The van der Waals surface area contributed by atoms with Crippen molar-refractivity contribution in [3.63, 3.8) is 0 Å². The number of carbonyl (C=O) groups is 2. The molecule has 3 aliphatic heterocycles. The average Bonchev–Trinajstić information content (AvgIpc) is 3.05. The van der Waals surface area contributed by atoms with Gasteiger partial charge in [0.25, 0.3) is 5.91 Å². The summed E-state index contributed by atoms with van der Waals surface area (Å²) in [4.78, 5) is 25.1. The van der Waals surface area contributed by atoms with Gasteiger partial charge < -0.3 is 21.3 Å². The first-order valence-corrected chi connectivity index (χ1v) is 8.81. The number of alkyl halides is 3. The zero-order chi connectivity index (χ0) is 19.2. The number of hydrogen-bond donors (Lipinski definition) is 4. The van der Waals surface area contributed by atoms with E-state index in [0.29, 0.717) is 24.3 Å². The minimum Gasteiger partial charge on any atom is -0.385 e. The Bertz CT molecular complexity index is 821. The van der Waals surface area contributed by atoms with Crippen molar-refractivity contribution in [3.8, 4) is 0 Å². The van der Waals surface area contributed by atoms with E-state index in [1.54, 1.807) is 0 Å². The standard InChI is InChI=1S/C18H19F3N4O2/c19-18(20,21)13-7-24-14-5-9(1-2-10(13)14)25-17(27)12-6-23-15-8-22-4-3-11(15)16(12)26/h1-2,5-6,11,13,15,22-24H,3-4,7-8H2,(H,25,27). The van der Waals surface area contributed by atoms with Gasteiger partial charge in [0.05, 0.1) is 11.5 Å². The van der Waals surface area contributed by atoms with Crippen LogP contribution in [0.2, 0.25) is 0 Å². The third kappa shape index (κ3) is 3.27. The van der Waals surface area contributed by atoms with Crippen LogP contribution in [0, 0.1) is 5.92 Å². The van der Waals surface area contributed by atoms with Gasteiger partial charge in [0.15, 0.2) is 5.78 Å². The first-order chi connectivity index (χ1) is 12.8. The Morgan fingerprint density at radius 1 is 1.22 bits per heavy atom. The van der Waals surface area contributed by atoms with Gasteiger partial charge in [-0.25, -0.2) is 0 Å². The van der Waals surface area contributed by atoms with Crippen molar-refractivity contribution in [2.75, 3.05) is 30.3 Å². The monoisotopic (exact) mass is 380 g/mol. The molecular formula is C18H19F3N4O2. The lowest BCUT2D eigenvalue weighted by molar-refractivity contribution is -0.146. The van der Waals surface area contributed by atoms with E-state index >= 15 is 0 Å². The molecule has 27 heavy (non-hydrogen) atoms. The summed E-state index contributed by atoms with van der Waals surface area (Å²) in [6.45, 7) is 1.17. The molecule has 3 unspecified atom stereocenters. The van der Waals surface area contributed by atoms with Crippen LogP contribution in [-0.2, 0) is 9.59 Å². The zero-order valence-electron chi connectivity index (χ0n) is 14.3. The molecule has 0 radical (unpaired) electrons. The Labute approximate surface area is 153 Å². The van der Waals surface area contributed by atoms with Gasteiger partial charge >= 0.3 is 6.18 Å². The number of Topliss-reactive ketones (excluding diaryl/α,β-unsaturated/α-hetero) is 1. The molecule has 144 valence electrons. The average molecular weight is 380 g/mol. The van der Waals surface area contributed by atoms with Crippen molar-refractivity contribution in [2.45, 2.75) is 24.6 Å². The maximum atomic E-state index is 13.0. The molecule has 0 aromatic heterocycles. The van der Waals surface area contributed by atoms with Crippen molar-refractivity contribution < 1.29 is 22.8 Å². The molecule has 4 rings (SSSR count). The van der Waals surface area contributed by atoms with Crippen molar-refractivity contribution in [3.05, 3.63) is 35.5 Å². The van der Waals surface area contributed by atoms with E-state index in [0.717, 1.165) is 6.54 Å². The molecular weight excluding hydrogens is 361 g/mol. The lowest BCUT2D eigenvalue weighted by atomic mass is 9.83. The molecule has 0 aliphatic carbocycles. The number of fused-ring (bicyclic) bond motifs is 2. The quantitative estimate of drug-likeness (QED) is 0.588. The Morgan fingerprint density at radius 3 is 2.81 bits per heavy atom. The Balaban J connectivity index is 1.49. The van der Waals surface area contributed by atoms with Crippen molar-refractivity contribution in [2.24, 2.45) is 5.92 Å². The number of ketones is 1. The summed E-state index contributed by atoms with van der Waals surface area (Å²) >= 11 is 0. The number of piperidine rings is 1. The summed E-state index contributed by atoms with van der Waals surface area (Å²) in [7, 11) is 0. The first-order valence-electron chi connectivity index (χ1n) is 8.81. The van der Waals surface area contributed by atoms with E-state index in [1.165, 1.54) is 24.4 Å². The lowest BCUT2D eigenvalue weighted by Crippen LogP contribution is -2.53. The highest BCUT2D eigenvalue weighted by atomic mass is 19.4. The van der Waals surface area contributed by atoms with Gasteiger partial charge in [-0.3, -0.25) is 9.59 Å². The van der Waals surface area contributed by atoms with Gasteiger partial charge in [-0.2, -0.15) is 13.2 Å². The number of rotatable bonds is 2. The first kappa shape index (κ1) is 17.8. The van der Waals surface area contributed by atoms with Gasteiger partial charge in [0, 0.05) is 42.6 Å². The number of anilines is 2. The van der Waals surface area contributed by atoms with E-state index in [-0.39, 0.29) is 35.4 Å². The van der Waals surface area contributed by atoms with Crippen LogP contribution in [0.25, 0.3) is 0 Å². The van der Waals surface area contributed by atoms with Crippen LogP contribution in [0.5, 0.6) is 0 Å². The van der Waals surface area contributed by atoms with Gasteiger partial charge in [-0.15, -0.1) is 0 Å². The van der Waals surface area contributed by atoms with Crippen LogP contribution < -0.4 is 21.3 Å². The van der Waals surface area contributed by atoms with E-state index in [2.05, 4.69) is 21.3 Å². The Kier molecular flexibility index (Phi) is 4.33. The van der Waals surface area contributed by atoms with Crippen molar-refractivity contribution in [1.82, 2.24) is 10.6 Å². The number of nitrogens with one attached hydrogen (secondary N) is 4. The highest BCUT2D eigenvalue weighted by molar-refractivity contribution is 6.24. The van der Waals surface area contributed by atoms with E-state index in [9.17, 15) is 22.8 Å². The zero-order valence-corrected chi connectivity index (χ0v) is 14.3. The highest BCUT2D eigenvalue weighted by Crippen LogP contribution is 2.43. The predicted molar refractivity (Wildman–Crippen MR) is 93.3 cm³/mol. The van der Waals surface area contributed by atoms with E-state index < -0.39 is 18.0 Å². The fourth-order valence-corrected chi connectivity index (χ4v) is 3.89. The topological polar surface area (TPSA) is 82.3 Å². The van der Waals surface area contributed by atoms with Crippen LogP contribution in [0.4, 0.5) is 24.5 Å². The third-order valence-electron chi connectivity index (χ3n) is 5.35. The second kappa shape index (κ2) is 6.56. The molecule has 1 aromatic rings.